The Balaban J connectivity index is 2.04. The lowest BCUT2D eigenvalue weighted by molar-refractivity contribution is 0.597. The highest BCUT2D eigenvalue weighted by molar-refractivity contribution is 14.1. The van der Waals surface area contributed by atoms with E-state index in [0.717, 1.165) is 5.92 Å². The molecular formula is C11H14IN. The van der Waals surface area contributed by atoms with Crippen molar-refractivity contribution >= 4 is 22.6 Å². The number of nitrogens with two attached hydrogens (primary N) is 1. The third-order valence-corrected chi connectivity index (χ3v) is 3.23. The fourth-order valence-corrected chi connectivity index (χ4v) is 2.15. The number of rotatable bonds is 3. The second kappa shape index (κ2) is 3.96. The van der Waals surface area contributed by atoms with Gasteiger partial charge in [0.1, 0.15) is 0 Å². The Morgan fingerprint density at radius 2 is 2.23 bits per heavy atom. The van der Waals surface area contributed by atoms with Gasteiger partial charge in [-0.05, 0) is 52.6 Å². The van der Waals surface area contributed by atoms with Crippen molar-refractivity contribution in [3.63, 3.8) is 0 Å². The van der Waals surface area contributed by atoms with Crippen LogP contribution in [0.4, 0.5) is 0 Å². The first-order chi connectivity index (χ1) is 6.25. The van der Waals surface area contributed by atoms with Gasteiger partial charge in [-0.15, -0.1) is 0 Å². The number of hydrogen-bond acceptors (Lipinski definition) is 1. The molecule has 2 N–H and O–H groups in total. The van der Waals surface area contributed by atoms with Crippen molar-refractivity contribution in [2.45, 2.75) is 25.3 Å². The molecule has 0 unspecified atom stereocenters. The molecule has 1 aliphatic carbocycles. The standard InChI is InChI=1S/C11H14IN/c12-10-3-1-2-9(7-10)11(13)6-8-4-5-8/h1-3,7-8,11H,4-6,13H2/t11-/m1/s1. The van der Waals surface area contributed by atoms with E-state index < -0.39 is 0 Å². The molecule has 1 aromatic rings. The molecule has 1 saturated carbocycles. The molecule has 1 fully saturated rings. The van der Waals surface area contributed by atoms with Gasteiger partial charge in [0, 0.05) is 9.61 Å². The maximum absolute atomic E-state index is 6.10. The normalized spacial score (nSPS) is 18.6. The molecule has 0 amide bonds. The lowest BCUT2D eigenvalue weighted by atomic mass is 10.0. The molecule has 0 radical (unpaired) electrons. The maximum atomic E-state index is 6.10. The predicted octanol–water partition coefficient (Wildman–Crippen LogP) is 3.09. The molecule has 0 aliphatic heterocycles. The van der Waals surface area contributed by atoms with Crippen LogP contribution in [-0.4, -0.2) is 0 Å². The van der Waals surface area contributed by atoms with E-state index in [2.05, 4.69) is 46.9 Å². The van der Waals surface area contributed by atoms with Gasteiger partial charge < -0.3 is 5.73 Å². The van der Waals surface area contributed by atoms with E-state index in [4.69, 9.17) is 5.73 Å². The first-order valence-electron chi connectivity index (χ1n) is 4.77. The first kappa shape index (κ1) is 9.46. The summed E-state index contributed by atoms with van der Waals surface area (Å²) in [6, 6.07) is 8.77. The fourth-order valence-electron chi connectivity index (χ4n) is 1.59. The third-order valence-electron chi connectivity index (χ3n) is 2.56. The molecule has 13 heavy (non-hydrogen) atoms. The topological polar surface area (TPSA) is 26.0 Å². The minimum Gasteiger partial charge on any atom is -0.324 e. The summed E-state index contributed by atoms with van der Waals surface area (Å²) in [5.41, 5.74) is 7.39. The summed E-state index contributed by atoms with van der Waals surface area (Å²) in [5.74, 6) is 0.910. The lowest BCUT2D eigenvalue weighted by Crippen LogP contribution is -2.10. The molecule has 0 saturated heterocycles. The Kier molecular flexibility index (Phi) is 2.89. The molecule has 0 heterocycles. The van der Waals surface area contributed by atoms with Crippen molar-refractivity contribution in [2.75, 3.05) is 0 Å². The van der Waals surface area contributed by atoms with Gasteiger partial charge in [-0.1, -0.05) is 25.0 Å². The highest BCUT2D eigenvalue weighted by Gasteiger charge is 2.24. The second-order valence-electron chi connectivity index (χ2n) is 3.84. The SMILES string of the molecule is N[C@H](CC1CC1)c1cccc(I)c1. The Morgan fingerprint density at radius 3 is 2.85 bits per heavy atom. The summed E-state index contributed by atoms with van der Waals surface area (Å²) in [5, 5.41) is 0. The third kappa shape index (κ3) is 2.68. The lowest BCUT2D eigenvalue weighted by Gasteiger charge is -2.11. The van der Waals surface area contributed by atoms with Crippen molar-refractivity contribution in [2.24, 2.45) is 11.7 Å². The number of hydrogen-bond donors (Lipinski definition) is 1. The highest BCUT2D eigenvalue weighted by atomic mass is 127. The van der Waals surface area contributed by atoms with Crippen molar-refractivity contribution < 1.29 is 0 Å². The average molecular weight is 287 g/mol. The molecule has 70 valence electrons. The summed E-state index contributed by atoms with van der Waals surface area (Å²) in [4.78, 5) is 0. The van der Waals surface area contributed by atoms with E-state index in [1.807, 2.05) is 0 Å². The fraction of sp³-hybridized carbons (Fsp3) is 0.455. The summed E-state index contributed by atoms with van der Waals surface area (Å²) in [6.07, 6.45) is 3.94. The molecular weight excluding hydrogens is 273 g/mol. The van der Waals surface area contributed by atoms with Crippen LogP contribution in [0.25, 0.3) is 0 Å². The van der Waals surface area contributed by atoms with Crippen LogP contribution in [0.5, 0.6) is 0 Å². The minimum atomic E-state index is 0.252. The van der Waals surface area contributed by atoms with Gasteiger partial charge in [0.25, 0.3) is 0 Å². The van der Waals surface area contributed by atoms with E-state index in [-0.39, 0.29) is 6.04 Å². The van der Waals surface area contributed by atoms with Gasteiger partial charge in [0.05, 0.1) is 0 Å². The molecule has 1 atom stereocenters. The van der Waals surface area contributed by atoms with E-state index in [1.165, 1.54) is 28.4 Å². The van der Waals surface area contributed by atoms with Crippen LogP contribution >= 0.6 is 22.6 Å². The van der Waals surface area contributed by atoms with Gasteiger partial charge in [-0.2, -0.15) is 0 Å². The summed E-state index contributed by atoms with van der Waals surface area (Å²) in [6.45, 7) is 0. The Hall–Kier alpha value is -0.0900. The molecule has 0 aromatic heterocycles. The predicted molar refractivity (Wildman–Crippen MR) is 63.4 cm³/mol. The van der Waals surface area contributed by atoms with Gasteiger partial charge in [0.2, 0.25) is 0 Å². The van der Waals surface area contributed by atoms with E-state index in [1.54, 1.807) is 0 Å². The Labute approximate surface area is 92.9 Å². The van der Waals surface area contributed by atoms with E-state index >= 15 is 0 Å². The van der Waals surface area contributed by atoms with Gasteiger partial charge in [-0.3, -0.25) is 0 Å². The van der Waals surface area contributed by atoms with E-state index in [9.17, 15) is 0 Å². The second-order valence-corrected chi connectivity index (χ2v) is 5.09. The number of benzene rings is 1. The zero-order valence-electron chi connectivity index (χ0n) is 7.54. The Bertz CT molecular complexity index is 294. The molecule has 2 rings (SSSR count). The van der Waals surface area contributed by atoms with Crippen LogP contribution in [0.1, 0.15) is 30.9 Å². The van der Waals surface area contributed by atoms with Crippen molar-refractivity contribution in [3.05, 3.63) is 33.4 Å². The summed E-state index contributed by atoms with van der Waals surface area (Å²) >= 11 is 2.33. The monoisotopic (exact) mass is 287 g/mol. The first-order valence-corrected chi connectivity index (χ1v) is 5.84. The van der Waals surface area contributed by atoms with Crippen molar-refractivity contribution in [3.8, 4) is 0 Å². The zero-order chi connectivity index (χ0) is 9.26. The van der Waals surface area contributed by atoms with Gasteiger partial charge >= 0.3 is 0 Å². The van der Waals surface area contributed by atoms with Gasteiger partial charge in [-0.25, -0.2) is 0 Å². The molecule has 0 spiro atoms. The van der Waals surface area contributed by atoms with Crippen LogP contribution in [0, 0.1) is 9.49 Å². The molecule has 2 heteroatoms. The van der Waals surface area contributed by atoms with Crippen LogP contribution in [-0.2, 0) is 0 Å². The summed E-state index contributed by atoms with van der Waals surface area (Å²) < 4.78 is 1.28. The Morgan fingerprint density at radius 1 is 1.46 bits per heavy atom. The van der Waals surface area contributed by atoms with Crippen molar-refractivity contribution in [1.29, 1.82) is 0 Å². The summed E-state index contributed by atoms with van der Waals surface area (Å²) in [7, 11) is 0. The average Bonchev–Trinajstić information content (AvgIpc) is 2.88. The smallest absolute Gasteiger partial charge is 0.0297 e. The largest absolute Gasteiger partial charge is 0.324 e. The van der Waals surface area contributed by atoms with Crippen LogP contribution < -0.4 is 5.73 Å². The molecule has 1 aromatic carbocycles. The highest BCUT2D eigenvalue weighted by Crippen LogP contribution is 2.36. The number of halogens is 1. The molecule has 1 aliphatic rings. The zero-order valence-corrected chi connectivity index (χ0v) is 9.70. The van der Waals surface area contributed by atoms with Gasteiger partial charge in [0.15, 0.2) is 0 Å². The minimum absolute atomic E-state index is 0.252. The van der Waals surface area contributed by atoms with Crippen molar-refractivity contribution in [1.82, 2.24) is 0 Å². The molecule has 0 bridgehead atoms. The quantitative estimate of drug-likeness (QED) is 0.849. The van der Waals surface area contributed by atoms with E-state index in [0.29, 0.717) is 0 Å². The van der Waals surface area contributed by atoms with Crippen LogP contribution in [0.15, 0.2) is 24.3 Å². The van der Waals surface area contributed by atoms with Crippen LogP contribution in [0.3, 0.4) is 0 Å². The maximum Gasteiger partial charge on any atom is 0.0297 e. The molecule has 1 nitrogen and oxygen atoms in total. The van der Waals surface area contributed by atoms with Crippen LogP contribution in [0.2, 0.25) is 0 Å².